The second-order valence-corrected chi connectivity index (χ2v) is 5.81. The van der Waals surface area contributed by atoms with E-state index in [0.717, 1.165) is 20.8 Å². The normalized spacial score (nSPS) is 10.8. The summed E-state index contributed by atoms with van der Waals surface area (Å²) in [6.45, 7) is 0. The number of pyridine rings is 1. The van der Waals surface area contributed by atoms with Crippen molar-refractivity contribution in [2.75, 3.05) is 12.8 Å². The Balaban J connectivity index is 2.17. The summed E-state index contributed by atoms with van der Waals surface area (Å²) in [5.41, 5.74) is 7.29. The number of nitrogen functional groups attached to an aromatic ring is 1. The fraction of sp³-hybridized carbons (Fsp3) is 0.0769. The molecule has 4 nitrogen and oxygen atoms in total. The number of rotatable bonds is 2. The van der Waals surface area contributed by atoms with E-state index in [1.165, 1.54) is 18.4 Å². The Hall–Kier alpha value is -1.92. The van der Waals surface area contributed by atoms with Crippen LogP contribution in [0, 0.1) is 0 Å². The number of nitrogens with two attached hydrogens (primary N) is 1. The zero-order valence-corrected chi connectivity index (χ0v) is 11.7. The lowest BCUT2D eigenvalue weighted by atomic mass is 10.2. The summed E-state index contributed by atoms with van der Waals surface area (Å²) in [4.78, 5) is 18.4. The number of anilines is 1. The van der Waals surface area contributed by atoms with Crippen LogP contribution in [0.2, 0.25) is 0 Å². The SMILES string of the molecule is COC(=O)c1sc2nc(-c3cccs3)ccc2c1N. The summed E-state index contributed by atoms with van der Waals surface area (Å²) in [5.74, 6) is -0.418. The van der Waals surface area contributed by atoms with Crippen LogP contribution < -0.4 is 5.73 Å². The van der Waals surface area contributed by atoms with E-state index in [1.54, 1.807) is 11.3 Å². The van der Waals surface area contributed by atoms with Crippen LogP contribution in [0.1, 0.15) is 9.67 Å². The summed E-state index contributed by atoms with van der Waals surface area (Å²) in [6.07, 6.45) is 0. The van der Waals surface area contributed by atoms with Crippen LogP contribution in [0.5, 0.6) is 0 Å². The van der Waals surface area contributed by atoms with E-state index in [-0.39, 0.29) is 0 Å². The van der Waals surface area contributed by atoms with E-state index in [0.29, 0.717) is 10.6 Å². The molecule has 3 rings (SSSR count). The molecule has 3 aromatic heterocycles. The zero-order chi connectivity index (χ0) is 13.4. The molecule has 19 heavy (non-hydrogen) atoms. The van der Waals surface area contributed by atoms with Crippen molar-refractivity contribution in [3.8, 4) is 10.6 Å². The van der Waals surface area contributed by atoms with Gasteiger partial charge in [0.25, 0.3) is 0 Å². The van der Waals surface area contributed by atoms with Crippen molar-refractivity contribution in [2.45, 2.75) is 0 Å². The van der Waals surface area contributed by atoms with Crippen molar-refractivity contribution in [3.63, 3.8) is 0 Å². The number of hydrogen-bond donors (Lipinski definition) is 1. The van der Waals surface area contributed by atoms with E-state index in [1.807, 2.05) is 29.6 Å². The number of ether oxygens (including phenoxy) is 1. The number of carbonyl (C=O) groups is 1. The summed E-state index contributed by atoms with van der Waals surface area (Å²) >= 11 is 2.89. The number of carbonyl (C=O) groups excluding carboxylic acids is 1. The molecule has 0 amide bonds. The van der Waals surface area contributed by atoms with Crippen LogP contribution in [0.3, 0.4) is 0 Å². The Kier molecular flexibility index (Phi) is 2.96. The monoisotopic (exact) mass is 290 g/mol. The summed E-state index contributed by atoms with van der Waals surface area (Å²) in [7, 11) is 1.34. The average Bonchev–Trinajstić information content (AvgIpc) is 3.06. The molecule has 96 valence electrons. The molecule has 6 heteroatoms. The fourth-order valence-corrected chi connectivity index (χ4v) is 3.51. The summed E-state index contributed by atoms with van der Waals surface area (Å²) in [6, 6.07) is 7.81. The van der Waals surface area contributed by atoms with Gasteiger partial charge in [0.15, 0.2) is 0 Å². The maximum atomic E-state index is 11.6. The van der Waals surface area contributed by atoms with Crippen LogP contribution in [0.15, 0.2) is 29.6 Å². The first-order valence-electron chi connectivity index (χ1n) is 5.52. The van der Waals surface area contributed by atoms with E-state index in [4.69, 9.17) is 10.5 Å². The van der Waals surface area contributed by atoms with Gasteiger partial charge in [0.05, 0.1) is 23.4 Å². The smallest absolute Gasteiger partial charge is 0.350 e. The summed E-state index contributed by atoms with van der Waals surface area (Å²) in [5, 5.41) is 2.80. The van der Waals surface area contributed by atoms with Gasteiger partial charge in [-0.3, -0.25) is 0 Å². The number of thiophene rings is 2. The van der Waals surface area contributed by atoms with Gasteiger partial charge in [-0.1, -0.05) is 6.07 Å². The lowest BCUT2D eigenvalue weighted by Crippen LogP contribution is -2.01. The highest BCUT2D eigenvalue weighted by Gasteiger charge is 2.18. The lowest BCUT2D eigenvalue weighted by molar-refractivity contribution is 0.0607. The third-order valence-electron chi connectivity index (χ3n) is 2.74. The number of methoxy groups -OCH3 is 1. The first-order chi connectivity index (χ1) is 9.20. The molecule has 0 aliphatic heterocycles. The lowest BCUT2D eigenvalue weighted by Gasteiger charge is -1.97. The van der Waals surface area contributed by atoms with Crippen molar-refractivity contribution < 1.29 is 9.53 Å². The fourth-order valence-electron chi connectivity index (χ4n) is 1.80. The van der Waals surface area contributed by atoms with Gasteiger partial charge in [-0.2, -0.15) is 0 Å². The molecule has 3 heterocycles. The first-order valence-corrected chi connectivity index (χ1v) is 7.21. The molecule has 0 aliphatic rings. The largest absolute Gasteiger partial charge is 0.465 e. The minimum absolute atomic E-state index is 0.410. The molecule has 0 aliphatic carbocycles. The Morgan fingerprint density at radius 1 is 1.37 bits per heavy atom. The first kappa shape index (κ1) is 12.1. The van der Waals surface area contributed by atoms with Crippen molar-refractivity contribution in [2.24, 2.45) is 0 Å². The van der Waals surface area contributed by atoms with E-state index in [9.17, 15) is 4.79 Å². The van der Waals surface area contributed by atoms with Crippen LogP contribution in [0.25, 0.3) is 20.8 Å². The minimum Gasteiger partial charge on any atom is -0.465 e. The Morgan fingerprint density at radius 2 is 2.21 bits per heavy atom. The van der Waals surface area contributed by atoms with E-state index >= 15 is 0 Å². The predicted octanol–water partition coefficient (Wildman–Crippen LogP) is 3.39. The van der Waals surface area contributed by atoms with Gasteiger partial charge in [-0.25, -0.2) is 9.78 Å². The molecule has 0 bridgehead atoms. The van der Waals surface area contributed by atoms with Gasteiger partial charge in [0.2, 0.25) is 0 Å². The van der Waals surface area contributed by atoms with Crippen LogP contribution in [0.4, 0.5) is 5.69 Å². The number of aromatic nitrogens is 1. The summed E-state index contributed by atoms with van der Waals surface area (Å²) < 4.78 is 4.71. The predicted molar refractivity (Wildman–Crippen MR) is 78.7 cm³/mol. The third-order valence-corrected chi connectivity index (χ3v) is 4.73. The van der Waals surface area contributed by atoms with E-state index < -0.39 is 5.97 Å². The van der Waals surface area contributed by atoms with Gasteiger partial charge in [0.1, 0.15) is 9.71 Å². The van der Waals surface area contributed by atoms with Crippen LogP contribution in [-0.4, -0.2) is 18.1 Å². The molecule has 0 unspecified atom stereocenters. The van der Waals surface area contributed by atoms with Gasteiger partial charge in [-0.15, -0.1) is 22.7 Å². The molecule has 3 aromatic rings. The van der Waals surface area contributed by atoms with Crippen molar-refractivity contribution in [3.05, 3.63) is 34.5 Å². The van der Waals surface area contributed by atoms with Crippen molar-refractivity contribution in [1.29, 1.82) is 0 Å². The standard InChI is InChI=1S/C13H10N2O2S2/c1-17-13(16)11-10(14)7-4-5-8(15-12(7)19-11)9-3-2-6-18-9/h2-6H,14H2,1H3. The van der Waals surface area contributed by atoms with Gasteiger partial charge >= 0.3 is 5.97 Å². The van der Waals surface area contributed by atoms with Crippen LogP contribution in [-0.2, 0) is 4.74 Å². The van der Waals surface area contributed by atoms with Crippen molar-refractivity contribution in [1.82, 2.24) is 4.98 Å². The Bertz CT molecular complexity index is 747. The maximum absolute atomic E-state index is 11.6. The molecule has 0 atom stereocenters. The Labute approximate surface area is 117 Å². The maximum Gasteiger partial charge on any atom is 0.350 e. The zero-order valence-electron chi connectivity index (χ0n) is 10.0. The average molecular weight is 290 g/mol. The molecule has 0 saturated heterocycles. The van der Waals surface area contributed by atoms with E-state index in [2.05, 4.69) is 4.98 Å². The molecular weight excluding hydrogens is 280 g/mol. The number of nitrogens with zero attached hydrogens (tertiary/aromatic N) is 1. The highest BCUT2D eigenvalue weighted by molar-refractivity contribution is 7.21. The molecule has 0 saturated carbocycles. The highest BCUT2D eigenvalue weighted by Crippen LogP contribution is 2.35. The molecule has 0 aromatic carbocycles. The number of esters is 1. The molecule has 2 N–H and O–H groups in total. The molecule has 0 fully saturated rings. The highest BCUT2D eigenvalue weighted by atomic mass is 32.1. The third kappa shape index (κ3) is 1.98. The molecule has 0 spiro atoms. The van der Waals surface area contributed by atoms with Gasteiger partial charge < -0.3 is 10.5 Å². The molecule has 0 radical (unpaired) electrons. The number of hydrogen-bond acceptors (Lipinski definition) is 6. The second-order valence-electron chi connectivity index (χ2n) is 3.86. The van der Waals surface area contributed by atoms with Crippen molar-refractivity contribution >= 4 is 44.5 Å². The minimum atomic E-state index is -0.418. The quantitative estimate of drug-likeness (QED) is 0.735. The van der Waals surface area contributed by atoms with Gasteiger partial charge in [-0.05, 0) is 23.6 Å². The molecular formula is C13H10N2O2S2. The Morgan fingerprint density at radius 3 is 2.89 bits per heavy atom. The number of fused-ring (bicyclic) bond motifs is 1. The topological polar surface area (TPSA) is 65.2 Å². The van der Waals surface area contributed by atoms with Gasteiger partial charge in [0, 0.05) is 5.39 Å². The van der Waals surface area contributed by atoms with Crippen LogP contribution >= 0.6 is 22.7 Å². The second kappa shape index (κ2) is 4.64.